The van der Waals surface area contributed by atoms with Crippen molar-refractivity contribution in [2.45, 2.75) is 17.1 Å². The highest BCUT2D eigenvalue weighted by Gasteiger charge is 2.33. The number of esters is 1. The van der Waals surface area contributed by atoms with Gasteiger partial charge in [0, 0.05) is 24.2 Å². The summed E-state index contributed by atoms with van der Waals surface area (Å²) in [7, 11) is -3.51. The predicted octanol–water partition coefficient (Wildman–Crippen LogP) is 3.48. The molecule has 0 aliphatic carbocycles. The minimum Gasteiger partial charge on any atom is -0.455 e. The average Bonchev–Trinajstić information content (AvgIpc) is 3.34. The molecule has 2 heterocycles. The number of hydrogen-bond donors (Lipinski definition) is 1. The second-order valence-corrected chi connectivity index (χ2v) is 10.4. The number of nitrogens with one attached hydrogen (secondary N) is 1. The Labute approximate surface area is 184 Å². The molecule has 4 rings (SSSR count). The van der Waals surface area contributed by atoms with Gasteiger partial charge >= 0.3 is 5.97 Å². The van der Waals surface area contributed by atoms with Gasteiger partial charge in [0.2, 0.25) is 0 Å². The van der Waals surface area contributed by atoms with Crippen LogP contribution in [0.3, 0.4) is 0 Å². The summed E-state index contributed by atoms with van der Waals surface area (Å²) < 4.78 is 32.1. The Bertz CT molecular complexity index is 1180. The quantitative estimate of drug-likeness (QED) is 0.571. The fourth-order valence-electron chi connectivity index (χ4n) is 3.64. The Morgan fingerprint density at radius 3 is 2.52 bits per heavy atom. The molecule has 1 fully saturated rings. The Kier molecular flexibility index (Phi) is 6.35. The summed E-state index contributed by atoms with van der Waals surface area (Å²) in [5, 5.41) is 6.41. The van der Waals surface area contributed by atoms with Crippen LogP contribution >= 0.6 is 11.3 Å². The smallest absolute Gasteiger partial charge is 0.309 e. The number of thiophene rings is 1. The first-order valence-corrected chi connectivity index (χ1v) is 12.2. The van der Waals surface area contributed by atoms with Crippen LogP contribution in [0.4, 0.5) is 5.69 Å². The number of rotatable bonds is 6. The van der Waals surface area contributed by atoms with E-state index in [9.17, 15) is 18.0 Å². The molecular weight excluding hydrogens is 436 g/mol. The van der Waals surface area contributed by atoms with Gasteiger partial charge in [-0.15, -0.1) is 11.3 Å². The standard InChI is InChI=1S/C22H22N2O5S2/c25-20(23-19-8-3-6-16-5-1-2-7-18(16)19)15-29-22(26)17-10-12-24(13-11-17)31(27,28)21-9-4-14-30-21/h1-9,14,17H,10-13,15H2,(H,23,25). The van der Waals surface area contributed by atoms with E-state index in [0.717, 1.165) is 10.8 Å². The SMILES string of the molecule is O=C(COC(=O)C1CCN(S(=O)(=O)c2cccs2)CC1)Nc1cccc2ccccc12. The molecule has 1 aromatic heterocycles. The lowest BCUT2D eigenvalue weighted by atomic mass is 9.98. The van der Waals surface area contributed by atoms with Crippen molar-refractivity contribution in [1.29, 1.82) is 0 Å². The number of ether oxygens (including phenoxy) is 1. The number of anilines is 1. The van der Waals surface area contributed by atoms with Crippen LogP contribution in [0.1, 0.15) is 12.8 Å². The summed E-state index contributed by atoms with van der Waals surface area (Å²) in [4.78, 5) is 24.7. The van der Waals surface area contributed by atoms with Gasteiger partial charge in [-0.25, -0.2) is 8.42 Å². The molecule has 0 atom stereocenters. The van der Waals surface area contributed by atoms with Gasteiger partial charge < -0.3 is 10.1 Å². The van der Waals surface area contributed by atoms with Crippen LogP contribution in [0.25, 0.3) is 10.8 Å². The van der Waals surface area contributed by atoms with E-state index in [0.29, 0.717) is 22.7 Å². The lowest BCUT2D eigenvalue weighted by Crippen LogP contribution is -2.40. The van der Waals surface area contributed by atoms with Crippen LogP contribution in [-0.2, 0) is 24.3 Å². The second-order valence-electron chi connectivity index (χ2n) is 7.29. The topological polar surface area (TPSA) is 92.8 Å². The van der Waals surface area contributed by atoms with Crippen LogP contribution in [0.2, 0.25) is 0 Å². The maximum absolute atomic E-state index is 12.6. The predicted molar refractivity (Wildman–Crippen MR) is 119 cm³/mol. The Morgan fingerprint density at radius 2 is 1.77 bits per heavy atom. The van der Waals surface area contributed by atoms with Crippen molar-refractivity contribution in [3.05, 3.63) is 60.0 Å². The molecule has 2 aromatic carbocycles. The summed E-state index contributed by atoms with van der Waals surface area (Å²) in [5.74, 6) is -1.30. The fourth-order valence-corrected chi connectivity index (χ4v) is 6.26. The van der Waals surface area contributed by atoms with Gasteiger partial charge in [0.25, 0.3) is 15.9 Å². The minimum atomic E-state index is -3.51. The molecule has 1 aliphatic heterocycles. The molecule has 0 spiro atoms. The zero-order valence-electron chi connectivity index (χ0n) is 16.7. The Morgan fingerprint density at radius 1 is 1.03 bits per heavy atom. The van der Waals surface area contributed by atoms with Crippen LogP contribution < -0.4 is 5.32 Å². The summed E-state index contributed by atoms with van der Waals surface area (Å²) in [6.07, 6.45) is 0.739. The van der Waals surface area contributed by atoms with Crippen LogP contribution in [0.15, 0.2) is 64.2 Å². The van der Waals surface area contributed by atoms with Gasteiger partial charge in [0.15, 0.2) is 6.61 Å². The number of piperidine rings is 1. The third-order valence-electron chi connectivity index (χ3n) is 5.29. The van der Waals surface area contributed by atoms with Gasteiger partial charge in [-0.1, -0.05) is 42.5 Å². The zero-order chi connectivity index (χ0) is 21.8. The van der Waals surface area contributed by atoms with E-state index in [1.165, 1.54) is 15.6 Å². The van der Waals surface area contributed by atoms with E-state index in [4.69, 9.17) is 4.74 Å². The van der Waals surface area contributed by atoms with Gasteiger partial charge in [-0.3, -0.25) is 9.59 Å². The first kappa shape index (κ1) is 21.5. The summed E-state index contributed by atoms with van der Waals surface area (Å²) in [6, 6.07) is 16.6. The Balaban J connectivity index is 1.28. The van der Waals surface area contributed by atoms with E-state index in [1.54, 1.807) is 23.6 Å². The molecule has 3 aromatic rings. The summed E-state index contributed by atoms with van der Waals surface area (Å²) >= 11 is 1.18. The second kappa shape index (κ2) is 9.17. The number of benzene rings is 2. The van der Waals surface area contributed by atoms with E-state index in [1.807, 2.05) is 36.4 Å². The monoisotopic (exact) mass is 458 g/mol. The maximum atomic E-state index is 12.6. The van der Waals surface area contributed by atoms with Crippen molar-refractivity contribution >= 4 is 49.7 Å². The maximum Gasteiger partial charge on any atom is 0.309 e. The number of amides is 1. The zero-order valence-corrected chi connectivity index (χ0v) is 18.3. The van der Waals surface area contributed by atoms with Crippen molar-refractivity contribution in [2.75, 3.05) is 25.0 Å². The van der Waals surface area contributed by atoms with Crippen molar-refractivity contribution in [1.82, 2.24) is 4.31 Å². The Hall–Kier alpha value is -2.75. The van der Waals surface area contributed by atoms with E-state index in [-0.39, 0.29) is 19.7 Å². The highest BCUT2D eigenvalue weighted by Crippen LogP contribution is 2.27. The first-order valence-electron chi connectivity index (χ1n) is 9.93. The van der Waals surface area contributed by atoms with Crippen molar-refractivity contribution in [2.24, 2.45) is 5.92 Å². The average molecular weight is 459 g/mol. The number of fused-ring (bicyclic) bond motifs is 1. The van der Waals surface area contributed by atoms with Gasteiger partial charge in [0.05, 0.1) is 5.92 Å². The lowest BCUT2D eigenvalue weighted by molar-refractivity contribution is -0.152. The van der Waals surface area contributed by atoms with Crippen molar-refractivity contribution in [3.8, 4) is 0 Å². The number of sulfonamides is 1. The van der Waals surface area contributed by atoms with Crippen LogP contribution in [-0.4, -0.2) is 44.3 Å². The lowest BCUT2D eigenvalue weighted by Gasteiger charge is -2.29. The molecule has 1 amide bonds. The molecule has 0 saturated carbocycles. The molecule has 7 nitrogen and oxygen atoms in total. The van der Waals surface area contributed by atoms with Crippen LogP contribution in [0.5, 0.6) is 0 Å². The summed E-state index contributed by atoms with van der Waals surface area (Å²) in [6.45, 7) is 0.125. The molecule has 1 N–H and O–H groups in total. The molecular formula is C22H22N2O5S2. The number of nitrogens with zero attached hydrogens (tertiary/aromatic N) is 1. The number of carbonyl (C=O) groups is 2. The largest absolute Gasteiger partial charge is 0.455 e. The highest BCUT2D eigenvalue weighted by molar-refractivity contribution is 7.91. The molecule has 9 heteroatoms. The van der Waals surface area contributed by atoms with Crippen molar-refractivity contribution in [3.63, 3.8) is 0 Å². The van der Waals surface area contributed by atoms with E-state index in [2.05, 4.69) is 5.32 Å². The minimum absolute atomic E-state index is 0.252. The molecule has 1 aliphatic rings. The fraction of sp³-hybridized carbons (Fsp3) is 0.273. The van der Waals surface area contributed by atoms with E-state index < -0.39 is 27.8 Å². The molecule has 31 heavy (non-hydrogen) atoms. The first-order chi connectivity index (χ1) is 14.9. The van der Waals surface area contributed by atoms with Gasteiger partial charge in [-0.05, 0) is 35.7 Å². The normalized spacial score (nSPS) is 15.6. The molecule has 0 unspecified atom stereocenters. The molecule has 0 bridgehead atoms. The summed E-state index contributed by atoms with van der Waals surface area (Å²) in [5.41, 5.74) is 0.659. The molecule has 0 radical (unpaired) electrons. The number of hydrogen-bond acceptors (Lipinski definition) is 6. The third kappa shape index (κ3) is 4.79. The van der Waals surface area contributed by atoms with Crippen LogP contribution in [0, 0.1) is 5.92 Å². The molecule has 1 saturated heterocycles. The third-order valence-corrected chi connectivity index (χ3v) is 8.56. The van der Waals surface area contributed by atoms with E-state index >= 15 is 0 Å². The van der Waals surface area contributed by atoms with Gasteiger partial charge in [-0.2, -0.15) is 4.31 Å². The molecule has 162 valence electrons. The van der Waals surface area contributed by atoms with Crippen molar-refractivity contribution < 1.29 is 22.7 Å². The number of carbonyl (C=O) groups excluding carboxylic acids is 2. The highest BCUT2D eigenvalue weighted by atomic mass is 32.2. The van der Waals surface area contributed by atoms with Gasteiger partial charge in [0.1, 0.15) is 4.21 Å².